The van der Waals surface area contributed by atoms with Crippen LogP contribution in [0, 0.1) is 0 Å². The van der Waals surface area contributed by atoms with Gasteiger partial charge < -0.3 is 20.1 Å². The molecule has 0 aliphatic carbocycles. The molecule has 1 heterocycles. The van der Waals surface area contributed by atoms with E-state index in [0.29, 0.717) is 5.76 Å². The molecular formula is C13H14N2O4. The van der Waals surface area contributed by atoms with Gasteiger partial charge in [0.15, 0.2) is 11.5 Å². The predicted octanol–water partition coefficient (Wildman–Crippen LogP) is 0.425. The third kappa shape index (κ3) is 3.40. The van der Waals surface area contributed by atoms with E-state index >= 15 is 0 Å². The molecule has 6 nitrogen and oxygen atoms in total. The standard InChI is InChI=1S/C13H14N2O4/c16-8-10(17)7-14-13(18)11-6-12(19-15-11)9-4-2-1-3-5-9/h1-6,10,16-17H,7-8H2,(H,14,18)/t10-/m1/s1. The van der Waals surface area contributed by atoms with Gasteiger partial charge in [0.1, 0.15) is 0 Å². The quantitative estimate of drug-likeness (QED) is 0.726. The molecule has 6 heteroatoms. The van der Waals surface area contributed by atoms with Gasteiger partial charge in [-0.05, 0) is 0 Å². The van der Waals surface area contributed by atoms with Crippen LogP contribution in [0.1, 0.15) is 10.5 Å². The van der Waals surface area contributed by atoms with E-state index in [9.17, 15) is 4.79 Å². The van der Waals surface area contributed by atoms with Gasteiger partial charge in [-0.2, -0.15) is 0 Å². The zero-order valence-corrected chi connectivity index (χ0v) is 10.1. The first-order valence-electron chi connectivity index (χ1n) is 5.80. The number of rotatable bonds is 5. The first-order valence-corrected chi connectivity index (χ1v) is 5.80. The summed E-state index contributed by atoms with van der Waals surface area (Å²) in [5, 5.41) is 23.9. The van der Waals surface area contributed by atoms with Crippen molar-refractivity contribution in [2.45, 2.75) is 6.10 Å². The Morgan fingerprint density at radius 3 is 2.79 bits per heavy atom. The summed E-state index contributed by atoms with van der Waals surface area (Å²) >= 11 is 0. The highest BCUT2D eigenvalue weighted by Gasteiger charge is 2.14. The van der Waals surface area contributed by atoms with E-state index in [-0.39, 0.29) is 12.2 Å². The number of benzene rings is 1. The van der Waals surface area contributed by atoms with E-state index in [4.69, 9.17) is 14.7 Å². The van der Waals surface area contributed by atoms with Crippen molar-refractivity contribution in [2.24, 2.45) is 0 Å². The second-order valence-corrected chi connectivity index (χ2v) is 3.99. The van der Waals surface area contributed by atoms with Crippen LogP contribution in [-0.2, 0) is 0 Å². The fourth-order valence-electron chi connectivity index (χ4n) is 1.49. The van der Waals surface area contributed by atoms with Crippen molar-refractivity contribution in [2.75, 3.05) is 13.2 Å². The number of carbonyl (C=O) groups excluding carboxylic acids is 1. The molecule has 0 aliphatic rings. The summed E-state index contributed by atoms with van der Waals surface area (Å²) in [6.45, 7) is -0.447. The van der Waals surface area contributed by atoms with Gasteiger partial charge in [0.05, 0.1) is 12.7 Å². The van der Waals surface area contributed by atoms with E-state index in [0.717, 1.165) is 5.56 Å². The third-order valence-electron chi connectivity index (χ3n) is 2.51. The Kier molecular flexibility index (Phi) is 4.27. The smallest absolute Gasteiger partial charge is 0.273 e. The largest absolute Gasteiger partial charge is 0.394 e. The number of nitrogens with zero attached hydrogens (tertiary/aromatic N) is 1. The third-order valence-corrected chi connectivity index (χ3v) is 2.51. The number of nitrogens with one attached hydrogen (secondary N) is 1. The van der Waals surface area contributed by atoms with Crippen LogP contribution in [-0.4, -0.2) is 40.5 Å². The van der Waals surface area contributed by atoms with Crippen LogP contribution in [0.4, 0.5) is 0 Å². The molecule has 0 saturated carbocycles. The highest BCUT2D eigenvalue weighted by atomic mass is 16.5. The molecule has 0 unspecified atom stereocenters. The zero-order chi connectivity index (χ0) is 13.7. The molecule has 0 aliphatic heterocycles. The summed E-state index contributed by atoms with van der Waals surface area (Å²) in [5.74, 6) is 0.0342. The molecule has 0 radical (unpaired) electrons. The van der Waals surface area contributed by atoms with E-state index in [1.54, 1.807) is 0 Å². The lowest BCUT2D eigenvalue weighted by molar-refractivity contribution is 0.0796. The minimum absolute atomic E-state index is 0.0388. The summed E-state index contributed by atoms with van der Waals surface area (Å²) in [5.41, 5.74) is 0.952. The van der Waals surface area contributed by atoms with Crippen molar-refractivity contribution in [1.82, 2.24) is 10.5 Å². The molecule has 1 aromatic carbocycles. The SMILES string of the molecule is O=C(NC[C@@H](O)CO)c1cc(-c2ccccc2)on1. The van der Waals surface area contributed by atoms with Crippen molar-refractivity contribution in [3.05, 3.63) is 42.1 Å². The van der Waals surface area contributed by atoms with Crippen LogP contribution in [0.5, 0.6) is 0 Å². The Bertz CT molecular complexity index is 539. The van der Waals surface area contributed by atoms with E-state index < -0.39 is 18.6 Å². The molecule has 1 aromatic heterocycles. The van der Waals surface area contributed by atoms with Crippen LogP contribution in [0.3, 0.4) is 0 Å². The van der Waals surface area contributed by atoms with Gasteiger partial charge >= 0.3 is 0 Å². The Balaban J connectivity index is 2.03. The Labute approximate surface area is 109 Å². The Hall–Kier alpha value is -2.18. The second-order valence-electron chi connectivity index (χ2n) is 3.99. The van der Waals surface area contributed by atoms with E-state index in [1.165, 1.54) is 6.07 Å². The Morgan fingerprint density at radius 2 is 2.11 bits per heavy atom. The molecule has 100 valence electrons. The van der Waals surface area contributed by atoms with E-state index in [1.807, 2.05) is 30.3 Å². The molecule has 0 fully saturated rings. The van der Waals surface area contributed by atoms with Crippen molar-refractivity contribution < 1.29 is 19.5 Å². The average molecular weight is 262 g/mol. The van der Waals surface area contributed by atoms with Crippen LogP contribution in [0.15, 0.2) is 40.9 Å². The van der Waals surface area contributed by atoms with Crippen molar-refractivity contribution in [1.29, 1.82) is 0 Å². The molecular weight excluding hydrogens is 248 g/mol. The maximum Gasteiger partial charge on any atom is 0.273 e. The lowest BCUT2D eigenvalue weighted by Crippen LogP contribution is -2.34. The summed E-state index contributed by atoms with van der Waals surface area (Å²) in [6.07, 6.45) is -0.982. The van der Waals surface area contributed by atoms with Crippen LogP contribution < -0.4 is 5.32 Å². The summed E-state index contributed by atoms with van der Waals surface area (Å²) in [7, 11) is 0. The number of aliphatic hydroxyl groups is 2. The minimum atomic E-state index is -0.982. The monoisotopic (exact) mass is 262 g/mol. The van der Waals surface area contributed by atoms with Crippen LogP contribution in [0.2, 0.25) is 0 Å². The van der Waals surface area contributed by atoms with Crippen molar-refractivity contribution in [3.63, 3.8) is 0 Å². The molecule has 0 spiro atoms. The number of hydrogen-bond donors (Lipinski definition) is 3. The molecule has 0 saturated heterocycles. The fraction of sp³-hybridized carbons (Fsp3) is 0.231. The van der Waals surface area contributed by atoms with Crippen molar-refractivity contribution >= 4 is 5.91 Å². The van der Waals surface area contributed by atoms with Gasteiger partial charge in [0.2, 0.25) is 0 Å². The zero-order valence-electron chi connectivity index (χ0n) is 10.1. The molecule has 2 rings (SSSR count). The highest BCUT2D eigenvalue weighted by molar-refractivity contribution is 5.93. The number of aliphatic hydroxyl groups excluding tert-OH is 2. The molecule has 3 N–H and O–H groups in total. The lowest BCUT2D eigenvalue weighted by atomic mass is 10.1. The van der Waals surface area contributed by atoms with Gasteiger partial charge in [-0.15, -0.1) is 0 Å². The topological polar surface area (TPSA) is 95.6 Å². The van der Waals surface area contributed by atoms with Crippen LogP contribution in [0.25, 0.3) is 11.3 Å². The number of aromatic nitrogens is 1. The van der Waals surface area contributed by atoms with Crippen molar-refractivity contribution in [3.8, 4) is 11.3 Å². The minimum Gasteiger partial charge on any atom is -0.394 e. The number of amides is 1. The summed E-state index contributed by atoms with van der Waals surface area (Å²) < 4.78 is 5.08. The van der Waals surface area contributed by atoms with Gasteiger partial charge in [-0.1, -0.05) is 35.5 Å². The van der Waals surface area contributed by atoms with Crippen LogP contribution >= 0.6 is 0 Å². The summed E-state index contributed by atoms with van der Waals surface area (Å²) in [6, 6.07) is 10.8. The van der Waals surface area contributed by atoms with Gasteiger partial charge in [0.25, 0.3) is 5.91 Å². The number of carbonyl (C=O) groups is 1. The summed E-state index contributed by atoms with van der Waals surface area (Å²) in [4.78, 5) is 11.7. The maximum atomic E-state index is 11.7. The molecule has 2 aromatic rings. The predicted molar refractivity (Wildman–Crippen MR) is 67.4 cm³/mol. The first kappa shape index (κ1) is 13.3. The number of hydrogen-bond acceptors (Lipinski definition) is 5. The van der Waals surface area contributed by atoms with Gasteiger partial charge in [-0.3, -0.25) is 4.79 Å². The molecule has 19 heavy (non-hydrogen) atoms. The fourth-order valence-corrected chi connectivity index (χ4v) is 1.49. The first-order chi connectivity index (χ1) is 9.20. The van der Waals surface area contributed by atoms with Gasteiger partial charge in [-0.25, -0.2) is 0 Å². The molecule has 1 atom stereocenters. The van der Waals surface area contributed by atoms with Gasteiger partial charge in [0, 0.05) is 18.2 Å². The highest BCUT2D eigenvalue weighted by Crippen LogP contribution is 2.19. The van der Waals surface area contributed by atoms with E-state index in [2.05, 4.69) is 10.5 Å². The Morgan fingerprint density at radius 1 is 1.37 bits per heavy atom. The second kappa shape index (κ2) is 6.12. The average Bonchev–Trinajstić information content (AvgIpc) is 2.95. The molecule has 1 amide bonds. The maximum absolute atomic E-state index is 11.7. The molecule has 0 bridgehead atoms. The lowest BCUT2D eigenvalue weighted by Gasteiger charge is -2.06. The normalized spacial score (nSPS) is 12.1.